The Bertz CT molecular complexity index is 1130. The zero-order valence-corrected chi connectivity index (χ0v) is 19.6. The summed E-state index contributed by atoms with van der Waals surface area (Å²) in [6.45, 7) is 1.77. The van der Waals surface area contributed by atoms with Gasteiger partial charge >= 0.3 is 17.9 Å². The molecule has 0 N–H and O–H groups in total. The van der Waals surface area contributed by atoms with Gasteiger partial charge in [-0.2, -0.15) is 0 Å². The molecule has 0 amide bonds. The molecule has 5 atom stereocenters. The third kappa shape index (κ3) is 6.19. The van der Waals surface area contributed by atoms with Crippen LogP contribution in [0.4, 0.5) is 0 Å². The first kappa shape index (κ1) is 24.3. The van der Waals surface area contributed by atoms with Crippen molar-refractivity contribution in [1.82, 2.24) is 0 Å². The third-order valence-electron chi connectivity index (χ3n) is 6.37. The highest BCUT2D eigenvalue weighted by Gasteiger charge is 2.50. The van der Waals surface area contributed by atoms with Crippen LogP contribution in [0.25, 0.3) is 0 Å². The van der Waals surface area contributed by atoms with Gasteiger partial charge in [-0.25, -0.2) is 9.59 Å². The smallest absolute Gasteiger partial charge is 0.338 e. The minimum Gasteiger partial charge on any atom is -0.462 e. The number of rotatable bonds is 8. The summed E-state index contributed by atoms with van der Waals surface area (Å²) in [6.07, 6.45) is 4.32. The highest BCUT2D eigenvalue weighted by molar-refractivity contribution is 5.90. The molecule has 35 heavy (non-hydrogen) atoms. The first-order valence-corrected chi connectivity index (χ1v) is 11.8. The van der Waals surface area contributed by atoms with E-state index in [1.807, 2.05) is 24.3 Å². The Morgan fingerprint density at radius 2 is 1.71 bits per heavy atom. The molecule has 0 spiro atoms. The number of hydrogen-bond acceptors (Lipinski definition) is 6. The summed E-state index contributed by atoms with van der Waals surface area (Å²) in [6, 6.07) is 17.6. The maximum Gasteiger partial charge on any atom is 0.338 e. The average molecular weight is 473 g/mol. The Hall–Kier alpha value is -3.85. The molecular weight excluding hydrogens is 444 g/mol. The molecule has 1 heterocycles. The Morgan fingerprint density at radius 3 is 2.37 bits per heavy atom. The maximum absolute atomic E-state index is 12.7. The number of carbonyl (C=O) groups excluding carboxylic acids is 3. The summed E-state index contributed by atoms with van der Waals surface area (Å²) in [5, 5.41) is 0. The minimum atomic E-state index is -0.508. The molecule has 1 saturated heterocycles. The van der Waals surface area contributed by atoms with Gasteiger partial charge in [-0.15, -0.1) is 11.8 Å². The number of hydrogen-bond donors (Lipinski definition) is 0. The van der Waals surface area contributed by atoms with Crippen LogP contribution in [0.3, 0.4) is 0 Å². The van der Waals surface area contributed by atoms with Gasteiger partial charge in [-0.1, -0.05) is 42.5 Å². The van der Waals surface area contributed by atoms with Crippen molar-refractivity contribution in [2.24, 2.45) is 11.8 Å². The second-order valence-corrected chi connectivity index (χ2v) is 8.68. The van der Waals surface area contributed by atoms with E-state index >= 15 is 0 Å². The van der Waals surface area contributed by atoms with Crippen molar-refractivity contribution >= 4 is 17.9 Å². The summed E-state index contributed by atoms with van der Waals surface area (Å²) in [4.78, 5) is 37.3. The summed E-state index contributed by atoms with van der Waals surface area (Å²) in [7, 11) is 0. The molecular formula is C29H28O6. The van der Waals surface area contributed by atoms with E-state index in [0.717, 1.165) is 0 Å². The van der Waals surface area contributed by atoms with Gasteiger partial charge in [0.25, 0.3) is 0 Å². The number of benzene rings is 2. The molecule has 2 aromatic carbocycles. The van der Waals surface area contributed by atoms with E-state index in [9.17, 15) is 14.4 Å². The zero-order valence-electron chi connectivity index (χ0n) is 19.6. The molecule has 6 nitrogen and oxygen atoms in total. The first-order chi connectivity index (χ1) is 17.0. The predicted octanol–water partition coefficient (Wildman–Crippen LogP) is 4.75. The van der Waals surface area contributed by atoms with Crippen molar-refractivity contribution in [1.29, 1.82) is 0 Å². The molecule has 0 aromatic heterocycles. The molecule has 2 aromatic rings. The number of carbonyl (C=O) groups is 3. The molecule has 0 radical (unpaired) electrons. The standard InChI is InChI=1S/C29H28O6/c1-2-3-6-15-22(33-28(31)20-11-7-4-8-12-20)16-17-23-24-18-27(30)34-26(24)19-25(23)35-29(32)21-13-9-5-10-14-21/h4-5,7-14,16-17,22-26H,6,15,18-19H2,1H3/t22-,23+,24+,25+,26-/m0/s1. The number of esters is 3. The highest BCUT2D eigenvalue weighted by atomic mass is 16.6. The second-order valence-electron chi connectivity index (χ2n) is 8.68. The van der Waals surface area contributed by atoms with Crippen LogP contribution in [-0.4, -0.2) is 36.2 Å². The summed E-state index contributed by atoms with van der Waals surface area (Å²) in [5.74, 6) is 4.48. The summed E-state index contributed by atoms with van der Waals surface area (Å²) < 4.78 is 17.1. The fourth-order valence-electron chi connectivity index (χ4n) is 4.64. The van der Waals surface area contributed by atoms with Crippen LogP contribution in [0.15, 0.2) is 72.8 Å². The molecule has 1 aliphatic heterocycles. The Balaban J connectivity index is 1.51. The summed E-state index contributed by atoms with van der Waals surface area (Å²) >= 11 is 0. The van der Waals surface area contributed by atoms with Crippen LogP contribution in [0.5, 0.6) is 0 Å². The molecule has 0 unspecified atom stereocenters. The largest absolute Gasteiger partial charge is 0.462 e. The fourth-order valence-corrected chi connectivity index (χ4v) is 4.64. The maximum atomic E-state index is 12.7. The third-order valence-corrected chi connectivity index (χ3v) is 6.37. The molecule has 0 bridgehead atoms. The minimum absolute atomic E-state index is 0.0896. The molecule has 180 valence electrons. The lowest BCUT2D eigenvalue weighted by molar-refractivity contribution is -0.141. The Labute approximate surface area is 205 Å². The van der Waals surface area contributed by atoms with Gasteiger partial charge in [-0.05, 0) is 43.7 Å². The lowest BCUT2D eigenvalue weighted by Gasteiger charge is -2.21. The van der Waals surface area contributed by atoms with Crippen molar-refractivity contribution in [3.8, 4) is 11.8 Å². The lowest BCUT2D eigenvalue weighted by atomic mass is 9.91. The van der Waals surface area contributed by atoms with E-state index < -0.39 is 24.1 Å². The van der Waals surface area contributed by atoms with E-state index in [1.165, 1.54) is 0 Å². The van der Waals surface area contributed by atoms with Crippen molar-refractivity contribution in [3.05, 3.63) is 83.9 Å². The van der Waals surface area contributed by atoms with Crippen molar-refractivity contribution in [3.63, 3.8) is 0 Å². The SMILES string of the molecule is CC#CCC[C@@H](C=C[C@@H]1[C@H]2CC(=O)O[C@H]2C[C@H]1OC(=O)c1ccccc1)OC(=O)c1ccccc1. The molecule has 2 fully saturated rings. The molecule has 1 saturated carbocycles. The van der Waals surface area contributed by atoms with Gasteiger partial charge in [0, 0.05) is 24.7 Å². The van der Waals surface area contributed by atoms with E-state index in [0.29, 0.717) is 30.4 Å². The Morgan fingerprint density at radius 1 is 1.06 bits per heavy atom. The van der Waals surface area contributed by atoms with E-state index in [2.05, 4.69) is 11.8 Å². The molecule has 1 aliphatic carbocycles. The summed E-state index contributed by atoms with van der Waals surface area (Å²) in [5.41, 5.74) is 0.940. The lowest BCUT2D eigenvalue weighted by Crippen LogP contribution is -2.25. The van der Waals surface area contributed by atoms with Gasteiger partial charge in [-0.3, -0.25) is 4.79 Å². The van der Waals surface area contributed by atoms with Crippen LogP contribution >= 0.6 is 0 Å². The van der Waals surface area contributed by atoms with Crippen molar-refractivity contribution < 1.29 is 28.6 Å². The van der Waals surface area contributed by atoms with Gasteiger partial charge < -0.3 is 14.2 Å². The van der Waals surface area contributed by atoms with Gasteiger partial charge in [0.05, 0.1) is 17.5 Å². The quantitative estimate of drug-likeness (QED) is 0.239. The monoisotopic (exact) mass is 472 g/mol. The van der Waals surface area contributed by atoms with Crippen molar-refractivity contribution in [2.75, 3.05) is 0 Å². The normalized spacial score (nSPS) is 23.6. The number of fused-ring (bicyclic) bond motifs is 1. The van der Waals surface area contributed by atoms with Gasteiger partial charge in [0.1, 0.15) is 18.3 Å². The number of ether oxygens (including phenoxy) is 3. The zero-order chi connectivity index (χ0) is 24.6. The van der Waals surface area contributed by atoms with E-state index in [1.54, 1.807) is 55.5 Å². The van der Waals surface area contributed by atoms with Crippen molar-refractivity contribution in [2.45, 2.75) is 50.9 Å². The van der Waals surface area contributed by atoms with Crippen LogP contribution in [0.1, 0.15) is 53.3 Å². The fraction of sp³-hybridized carbons (Fsp3) is 0.345. The van der Waals surface area contributed by atoms with E-state index in [4.69, 9.17) is 14.2 Å². The average Bonchev–Trinajstić information content (AvgIpc) is 3.38. The van der Waals surface area contributed by atoms with Crippen LogP contribution in [-0.2, 0) is 19.0 Å². The van der Waals surface area contributed by atoms with Gasteiger partial charge in [0.2, 0.25) is 0 Å². The van der Waals surface area contributed by atoms with E-state index in [-0.39, 0.29) is 30.3 Å². The van der Waals surface area contributed by atoms with Crippen LogP contribution in [0, 0.1) is 23.7 Å². The first-order valence-electron chi connectivity index (χ1n) is 11.8. The predicted molar refractivity (Wildman–Crippen MR) is 129 cm³/mol. The highest BCUT2D eigenvalue weighted by Crippen LogP contribution is 2.43. The van der Waals surface area contributed by atoms with Crippen LogP contribution < -0.4 is 0 Å². The topological polar surface area (TPSA) is 78.9 Å². The van der Waals surface area contributed by atoms with Crippen LogP contribution in [0.2, 0.25) is 0 Å². The second kappa shape index (κ2) is 11.5. The molecule has 6 heteroatoms. The Kier molecular flexibility index (Phi) is 7.99. The molecule has 4 rings (SSSR count). The van der Waals surface area contributed by atoms with Gasteiger partial charge in [0.15, 0.2) is 0 Å². The molecule has 2 aliphatic rings.